The Morgan fingerprint density at radius 2 is 2.00 bits per heavy atom. The van der Waals surface area contributed by atoms with Crippen LogP contribution >= 0.6 is 15.9 Å². The Hall–Kier alpha value is -1.79. The molecule has 0 spiro atoms. The van der Waals surface area contributed by atoms with Gasteiger partial charge in [-0.25, -0.2) is 9.97 Å². The van der Waals surface area contributed by atoms with Crippen LogP contribution in [0.2, 0.25) is 0 Å². The van der Waals surface area contributed by atoms with Crippen LogP contribution in [0, 0.1) is 0 Å². The van der Waals surface area contributed by atoms with Gasteiger partial charge in [0, 0.05) is 6.20 Å². The van der Waals surface area contributed by atoms with E-state index >= 15 is 0 Å². The molecular formula is C14H13BrN4O. The SMILES string of the molecule is CC(C)(O)c1cn2c(-c3cccc(Br)n3)cnc2cn1. The Morgan fingerprint density at radius 1 is 1.20 bits per heavy atom. The fourth-order valence-electron chi connectivity index (χ4n) is 1.95. The fourth-order valence-corrected chi connectivity index (χ4v) is 2.29. The van der Waals surface area contributed by atoms with E-state index in [1.807, 2.05) is 22.6 Å². The predicted molar refractivity (Wildman–Crippen MR) is 79.2 cm³/mol. The molecule has 0 radical (unpaired) electrons. The van der Waals surface area contributed by atoms with Crippen molar-refractivity contribution in [2.24, 2.45) is 0 Å². The molecule has 3 aromatic heterocycles. The molecule has 1 N–H and O–H groups in total. The fraction of sp³-hybridized carbons (Fsp3) is 0.214. The van der Waals surface area contributed by atoms with Crippen LogP contribution < -0.4 is 0 Å². The molecule has 0 aliphatic rings. The number of nitrogens with zero attached hydrogens (tertiary/aromatic N) is 4. The lowest BCUT2D eigenvalue weighted by Crippen LogP contribution is -2.18. The van der Waals surface area contributed by atoms with Crippen LogP contribution in [0.15, 0.2) is 41.4 Å². The van der Waals surface area contributed by atoms with Crippen LogP contribution in [0.25, 0.3) is 17.0 Å². The molecule has 3 rings (SSSR count). The van der Waals surface area contributed by atoms with E-state index in [-0.39, 0.29) is 0 Å². The Bertz CT molecular complexity index is 776. The maximum absolute atomic E-state index is 10.1. The van der Waals surface area contributed by atoms with Crippen molar-refractivity contribution in [3.63, 3.8) is 0 Å². The summed E-state index contributed by atoms with van der Waals surface area (Å²) < 4.78 is 2.65. The Balaban J connectivity index is 2.22. The molecular weight excluding hydrogens is 320 g/mol. The molecule has 0 aliphatic heterocycles. The first kappa shape index (κ1) is 13.2. The van der Waals surface area contributed by atoms with Gasteiger partial charge in [-0.05, 0) is 41.9 Å². The van der Waals surface area contributed by atoms with Gasteiger partial charge in [0.15, 0.2) is 5.65 Å². The molecule has 3 aromatic rings. The number of hydrogen-bond donors (Lipinski definition) is 1. The number of aliphatic hydroxyl groups is 1. The van der Waals surface area contributed by atoms with Gasteiger partial charge in [-0.1, -0.05) is 6.07 Å². The van der Waals surface area contributed by atoms with Gasteiger partial charge in [0.2, 0.25) is 0 Å². The summed E-state index contributed by atoms with van der Waals surface area (Å²) in [6, 6.07) is 5.71. The Labute approximate surface area is 124 Å². The third-order valence-electron chi connectivity index (χ3n) is 3.00. The van der Waals surface area contributed by atoms with Crippen molar-refractivity contribution in [2.75, 3.05) is 0 Å². The lowest BCUT2D eigenvalue weighted by molar-refractivity contribution is 0.0734. The summed E-state index contributed by atoms with van der Waals surface area (Å²) >= 11 is 3.36. The van der Waals surface area contributed by atoms with Crippen molar-refractivity contribution in [2.45, 2.75) is 19.4 Å². The predicted octanol–water partition coefficient (Wildman–Crippen LogP) is 2.78. The highest BCUT2D eigenvalue weighted by molar-refractivity contribution is 9.10. The summed E-state index contributed by atoms with van der Waals surface area (Å²) in [4.78, 5) is 13.0. The van der Waals surface area contributed by atoms with Crippen LogP contribution in [0.5, 0.6) is 0 Å². The minimum atomic E-state index is -1.000. The van der Waals surface area contributed by atoms with E-state index in [1.54, 1.807) is 32.4 Å². The topological polar surface area (TPSA) is 63.3 Å². The van der Waals surface area contributed by atoms with Gasteiger partial charge >= 0.3 is 0 Å². The van der Waals surface area contributed by atoms with Crippen molar-refractivity contribution in [3.05, 3.63) is 47.1 Å². The molecule has 0 saturated carbocycles. The second kappa shape index (κ2) is 4.64. The molecule has 0 atom stereocenters. The minimum absolute atomic E-state index is 0.583. The zero-order valence-corrected chi connectivity index (χ0v) is 12.7. The lowest BCUT2D eigenvalue weighted by Gasteiger charge is -2.16. The van der Waals surface area contributed by atoms with Crippen molar-refractivity contribution < 1.29 is 5.11 Å². The highest BCUT2D eigenvalue weighted by Gasteiger charge is 2.19. The monoisotopic (exact) mass is 332 g/mol. The molecule has 5 nitrogen and oxygen atoms in total. The second-order valence-corrected chi connectivity index (χ2v) is 5.86. The van der Waals surface area contributed by atoms with Gasteiger partial charge in [-0.15, -0.1) is 0 Å². The highest BCUT2D eigenvalue weighted by atomic mass is 79.9. The molecule has 0 amide bonds. The summed E-state index contributed by atoms with van der Waals surface area (Å²) in [7, 11) is 0. The average Bonchev–Trinajstić information content (AvgIpc) is 2.80. The average molecular weight is 333 g/mol. The number of halogens is 1. The third-order valence-corrected chi connectivity index (χ3v) is 3.44. The quantitative estimate of drug-likeness (QED) is 0.733. The molecule has 20 heavy (non-hydrogen) atoms. The first-order chi connectivity index (χ1) is 9.45. The largest absolute Gasteiger partial charge is 0.384 e. The van der Waals surface area contributed by atoms with Crippen LogP contribution in [0.3, 0.4) is 0 Å². The number of rotatable bonds is 2. The van der Waals surface area contributed by atoms with E-state index in [0.717, 1.165) is 21.6 Å². The standard InChI is InChI=1S/C14H13BrN4O/c1-14(2,20)11-8-19-10(6-17-13(19)7-16-11)9-4-3-5-12(15)18-9/h3-8,20H,1-2H3. The summed E-state index contributed by atoms with van der Waals surface area (Å²) in [6.07, 6.45) is 5.19. The molecule has 0 fully saturated rings. The lowest BCUT2D eigenvalue weighted by atomic mass is 10.1. The van der Waals surface area contributed by atoms with Crippen molar-refractivity contribution in [3.8, 4) is 11.4 Å². The number of pyridine rings is 1. The van der Waals surface area contributed by atoms with Crippen molar-refractivity contribution in [1.29, 1.82) is 0 Å². The van der Waals surface area contributed by atoms with E-state index < -0.39 is 5.60 Å². The molecule has 0 bridgehead atoms. The van der Waals surface area contributed by atoms with Crippen LogP contribution in [0.4, 0.5) is 0 Å². The van der Waals surface area contributed by atoms with E-state index in [4.69, 9.17) is 0 Å². The van der Waals surface area contributed by atoms with Crippen LogP contribution in [0.1, 0.15) is 19.5 Å². The van der Waals surface area contributed by atoms with E-state index in [2.05, 4.69) is 30.9 Å². The first-order valence-electron chi connectivity index (χ1n) is 6.14. The zero-order chi connectivity index (χ0) is 14.3. The normalized spacial score (nSPS) is 12.0. The molecule has 0 aromatic carbocycles. The van der Waals surface area contributed by atoms with E-state index in [1.165, 1.54) is 0 Å². The van der Waals surface area contributed by atoms with Gasteiger partial charge in [-0.2, -0.15) is 0 Å². The molecule has 6 heteroatoms. The smallest absolute Gasteiger partial charge is 0.155 e. The molecule has 102 valence electrons. The number of hydrogen-bond acceptors (Lipinski definition) is 4. The summed E-state index contributed by atoms with van der Waals surface area (Å²) in [5.41, 5.74) is 1.96. The Kier molecular flexibility index (Phi) is 3.07. The van der Waals surface area contributed by atoms with Gasteiger partial charge in [0.25, 0.3) is 0 Å². The van der Waals surface area contributed by atoms with Crippen molar-refractivity contribution >= 4 is 21.6 Å². The third kappa shape index (κ3) is 2.32. The van der Waals surface area contributed by atoms with Gasteiger partial charge in [0.1, 0.15) is 10.2 Å². The molecule has 0 aliphatic carbocycles. The summed E-state index contributed by atoms with van der Waals surface area (Å²) in [5, 5.41) is 10.1. The summed E-state index contributed by atoms with van der Waals surface area (Å²) in [6.45, 7) is 3.41. The number of aromatic nitrogens is 4. The second-order valence-electron chi connectivity index (χ2n) is 5.05. The maximum atomic E-state index is 10.1. The van der Waals surface area contributed by atoms with E-state index in [9.17, 15) is 5.11 Å². The van der Waals surface area contributed by atoms with E-state index in [0.29, 0.717) is 5.69 Å². The first-order valence-corrected chi connectivity index (χ1v) is 6.93. The van der Waals surface area contributed by atoms with Gasteiger partial charge < -0.3 is 5.11 Å². The maximum Gasteiger partial charge on any atom is 0.155 e. The highest BCUT2D eigenvalue weighted by Crippen LogP contribution is 2.23. The molecule has 0 saturated heterocycles. The van der Waals surface area contributed by atoms with Crippen LogP contribution in [-0.4, -0.2) is 24.5 Å². The van der Waals surface area contributed by atoms with Crippen molar-refractivity contribution in [1.82, 2.24) is 19.4 Å². The zero-order valence-electron chi connectivity index (χ0n) is 11.1. The van der Waals surface area contributed by atoms with Gasteiger partial charge in [0.05, 0.1) is 29.5 Å². The molecule has 3 heterocycles. The molecule has 0 unspecified atom stereocenters. The number of fused-ring (bicyclic) bond motifs is 1. The minimum Gasteiger partial charge on any atom is -0.384 e. The Morgan fingerprint density at radius 3 is 2.70 bits per heavy atom. The van der Waals surface area contributed by atoms with Gasteiger partial charge in [-0.3, -0.25) is 9.38 Å². The van der Waals surface area contributed by atoms with Crippen LogP contribution in [-0.2, 0) is 5.60 Å². The summed E-state index contributed by atoms with van der Waals surface area (Å²) in [5.74, 6) is 0. The number of imidazole rings is 1.